The van der Waals surface area contributed by atoms with E-state index in [4.69, 9.17) is 21.1 Å². The number of carbonyl (C=O) groups is 1. The smallest absolute Gasteiger partial charge is 0.325 e. The van der Waals surface area contributed by atoms with Gasteiger partial charge >= 0.3 is 5.97 Å². The maximum atomic E-state index is 11.8. The van der Waals surface area contributed by atoms with Gasteiger partial charge in [-0.25, -0.2) is 4.67 Å². The molecule has 1 aliphatic heterocycles. The van der Waals surface area contributed by atoms with Crippen molar-refractivity contribution in [2.24, 2.45) is 0 Å². The number of methoxy groups -OCH3 is 1. The molecule has 0 saturated carbocycles. The van der Waals surface area contributed by atoms with Crippen LogP contribution in [0, 0.1) is 0 Å². The second kappa shape index (κ2) is 6.37. The zero-order chi connectivity index (χ0) is 13.9. The first-order valence-electron chi connectivity index (χ1n) is 5.80. The largest absolute Gasteiger partial charge is 0.468 e. The summed E-state index contributed by atoms with van der Waals surface area (Å²) in [5.41, 5.74) is -1.05. The summed E-state index contributed by atoms with van der Waals surface area (Å²) in [6.45, 7) is 0.927. The van der Waals surface area contributed by atoms with Gasteiger partial charge in [0.2, 0.25) is 0 Å². The second-order valence-corrected chi connectivity index (χ2v) is 10.9. The Morgan fingerprint density at radius 2 is 2.26 bits per heavy atom. The van der Waals surface area contributed by atoms with Crippen LogP contribution in [0.1, 0.15) is 5.56 Å². The Balaban J connectivity index is 2.25. The molecule has 0 unspecified atom stereocenters. The Bertz CT molecular complexity index is 497. The van der Waals surface area contributed by atoms with Gasteiger partial charge in [0.1, 0.15) is 6.04 Å². The van der Waals surface area contributed by atoms with Crippen molar-refractivity contribution in [3.63, 3.8) is 0 Å². The van der Waals surface area contributed by atoms with Crippen molar-refractivity contribution in [1.29, 1.82) is 0 Å². The summed E-state index contributed by atoms with van der Waals surface area (Å²) < 4.78 is 12.5. The molecule has 0 amide bonds. The molecule has 0 radical (unpaired) electrons. The fourth-order valence-corrected chi connectivity index (χ4v) is 5.92. The van der Waals surface area contributed by atoms with E-state index in [-0.39, 0.29) is 5.97 Å². The molecule has 0 aliphatic carbocycles. The molecule has 0 spiro atoms. The molecule has 19 heavy (non-hydrogen) atoms. The van der Waals surface area contributed by atoms with E-state index < -0.39 is 11.7 Å². The first-order valence-corrected chi connectivity index (χ1v) is 10.3. The third-order valence-corrected chi connectivity index (χ3v) is 9.56. The summed E-state index contributed by atoms with van der Waals surface area (Å²) in [7, 11) is 1.39. The van der Waals surface area contributed by atoms with Crippen LogP contribution in [0.5, 0.6) is 0 Å². The van der Waals surface area contributed by atoms with Crippen molar-refractivity contribution in [3.8, 4) is 0 Å². The molecule has 1 aromatic rings. The third kappa shape index (κ3) is 3.20. The average molecular weight is 317 g/mol. The van der Waals surface area contributed by atoms with Gasteiger partial charge in [-0.2, -0.15) is 0 Å². The Morgan fingerprint density at radius 1 is 1.58 bits per heavy atom. The maximum Gasteiger partial charge on any atom is 0.325 e. The molecule has 1 fully saturated rings. The summed E-state index contributed by atoms with van der Waals surface area (Å²) in [6.07, 6.45) is 1.93. The minimum absolute atomic E-state index is 0.281. The SMILES string of the molecule is COC(=O)[C@@H]1CO[P@@](=S)(SC)N1Cc1ccccc1. The number of rotatable bonds is 4. The van der Waals surface area contributed by atoms with Crippen LogP contribution in [-0.2, 0) is 32.4 Å². The van der Waals surface area contributed by atoms with Crippen LogP contribution in [0.4, 0.5) is 0 Å². The zero-order valence-corrected chi connectivity index (χ0v) is 13.3. The van der Waals surface area contributed by atoms with E-state index in [0.29, 0.717) is 13.2 Å². The molecule has 0 aromatic heterocycles. The lowest BCUT2D eigenvalue weighted by Gasteiger charge is -2.27. The van der Waals surface area contributed by atoms with Gasteiger partial charge < -0.3 is 9.26 Å². The molecule has 104 valence electrons. The highest BCUT2D eigenvalue weighted by Gasteiger charge is 2.44. The van der Waals surface area contributed by atoms with Crippen LogP contribution in [0.25, 0.3) is 0 Å². The standard InChI is InChI=1S/C12H16NO3PS2/c1-15-12(14)11-9-16-17(18,19-2)13(11)8-10-6-4-3-5-7-10/h3-7,11H,8-9H2,1-2H3/t11-,17-/m0/s1. The van der Waals surface area contributed by atoms with Crippen molar-refractivity contribution in [3.05, 3.63) is 35.9 Å². The fourth-order valence-electron chi connectivity index (χ4n) is 1.95. The van der Waals surface area contributed by atoms with E-state index in [0.717, 1.165) is 5.56 Å². The number of esters is 1. The summed E-state index contributed by atoms with van der Waals surface area (Å²) in [5, 5.41) is 0. The minimum Gasteiger partial charge on any atom is -0.468 e. The van der Waals surface area contributed by atoms with Crippen molar-refractivity contribution in [2.45, 2.75) is 12.6 Å². The molecule has 1 aliphatic rings. The van der Waals surface area contributed by atoms with Crippen molar-refractivity contribution >= 4 is 34.8 Å². The predicted molar refractivity (Wildman–Crippen MR) is 81.5 cm³/mol. The van der Waals surface area contributed by atoms with E-state index in [1.54, 1.807) is 0 Å². The molecule has 1 heterocycles. The van der Waals surface area contributed by atoms with Crippen LogP contribution in [0.3, 0.4) is 0 Å². The predicted octanol–water partition coefficient (Wildman–Crippen LogP) is 2.65. The summed E-state index contributed by atoms with van der Waals surface area (Å²) in [5.74, 6) is -0.281. The average Bonchev–Trinajstić information content (AvgIpc) is 2.77. The molecule has 2 atom stereocenters. The van der Waals surface area contributed by atoms with E-state index in [1.165, 1.54) is 18.5 Å². The molecule has 0 N–H and O–H groups in total. The van der Waals surface area contributed by atoms with Crippen molar-refractivity contribution in [1.82, 2.24) is 4.67 Å². The molecule has 1 aromatic carbocycles. The zero-order valence-electron chi connectivity index (χ0n) is 10.8. The Labute approximate surface area is 122 Å². The Kier molecular flexibility index (Phi) is 5.03. The molecular formula is C12H16NO3PS2. The molecule has 1 saturated heterocycles. The Hall–Kier alpha value is -0.390. The number of ether oxygens (including phenoxy) is 1. The van der Waals surface area contributed by atoms with Gasteiger partial charge in [-0.1, -0.05) is 41.7 Å². The van der Waals surface area contributed by atoms with Crippen molar-refractivity contribution in [2.75, 3.05) is 20.0 Å². The van der Waals surface area contributed by atoms with Gasteiger partial charge in [-0.15, -0.1) is 0 Å². The quantitative estimate of drug-likeness (QED) is 0.628. The number of benzene rings is 1. The van der Waals surface area contributed by atoms with Crippen LogP contribution in [0.2, 0.25) is 0 Å². The van der Waals surface area contributed by atoms with Gasteiger partial charge in [-0.05, 0) is 23.6 Å². The van der Waals surface area contributed by atoms with Crippen LogP contribution >= 0.6 is 17.0 Å². The van der Waals surface area contributed by atoms with E-state index in [9.17, 15) is 4.79 Å². The molecular weight excluding hydrogens is 301 g/mol. The topological polar surface area (TPSA) is 38.8 Å². The third-order valence-electron chi connectivity index (χ3n) is 2.96. The van der Waals surface area contributed by atoms with Gasteiger partial charge in [0.05, 0.1) is 13.7 Å². The van der Waals surface area contributed by atoms with Gasteiger partial charge in [0.25, 0.3) is 0 Å². The highest BCUT2D eigenvalue weighted by molar-refractivity contribution is 8.68. The fraction of sp³-hybridized carbons (Fsp3) is 0.417. The lowest BCUT2D eigenvalue weighted by atomic mass is 10.2. The summed E-state index contributed by atoms with van der Waals surface area (Å²) >= 11 is 7.12. The molecule has 4 nitrogen and oxygen atoms in total. The number of hydrogen-bond donors (Lipinski definition) is 0. The monoisotopic (exact) mass is 317 g/mol. The highest BCUT2D eigenvalue weighted by atomic mass is 32.9. The van der Waals surface area contributed by atoms with Crippen LogP contribution in [-0.4, -0.2) is 36.7 Å². The first-order chi connectivity index (χ1) is 9.10. The van der Waals surface area contributed by atoms with Gasteiger partial charge in [0, 0.05) is 6.54 Å². The minimum atomic E-state index is -2.17. The second-order valence-electron chi connectivity index (χ2n) is 4.07. The summed E-state index contributed by atoms with van der Waals surface area (Å²) in [6, 6.07) is 9.55. The normalized spacial score (nSPS) is 27.4. The van der Waals surface area contributed by atoms with Crippen LogP contribution < -0.4 is 0 Å². The summed E-state index contributed by atoms with van der Waals surface area (Å²) in [4.78, 5) is 11.8. The molecule has 7 heteroatoms. The number of carbonyl (C=O) groups excluding carboxylic acids is 1. The van der Waals surface area contributed by atoms with Crippen LogP contribution in [0.15, 0.2) is 30.3 Å². The first kappa shape index (κ1) is 15.0. The van der Waals surface area contributed by atoms with Crippen molar-refractivity contribution < 1.29 is 14.1 Å². The lowest BCUT2D eigenvalue weighted by Crippen LogP contribution is -2.36. The van der Waals surface area contributed by atoms with E-state index in [1.807, 2.05) is 41.3 Å². The molecule has 2 rings (SSSR count). The van der Waals surface area contributed by atoms with Gasteiger partial charge in [-0.3, -0.25) is 4.79 Å². The molecule has 0 bridgehead atoms. The van der Waals surface area contributed by atoms with Gasteiger partial charge in [0.15, 0.2) is 5.62 Å². The number of nitrogens with zero attached hydrogens (tertiary/aromatic N) is 1. The van der Waals surface area contributed by atoms with E-state index in [2.05, 4.69) is 0 Å². The maximum absolute atomic E-state index is 11.8. The highest BCUT2D eigenvalue weighted by Crippen LogP contribution is 2.66. The van der Waals surface area contributed by atoms with E-state index >= 15 is 0 Å². The Morgan fingerprint density at radius 3 is 2.84 bits per heavy atom. The number of hydrogen-bond acceptors (Lipinski definition) is 5. The lowest BCUT2D eigenvalue weighted by molar-refractivity contribution is -0.145.